The first kappa shape index (κ1) is 37.2. The van der Waals surface area contributed by atoms with Crippen LogP contribution in [-0.4, -0.2) is 73.3 Å². The summed E-state index contributed by atoms with van der Waals surface area (Å²) in [4.78, 5) is 23.0. The summed E-state index contributed by atoms with van der Waals surface area (Å²) in [6.07, 6.45) is -40.3. The second-order valence-corrected chi connectivity index (χ2v) is 7.45. The van der Waals surface area contributed by atoms with Gasteiger partial charge in [0.05, 0.1) is 0 Å². The van der Waals surface area contributed by atoms with Gasteiger partial charge in [-0.15, -0.1) is 0 Å². The van der Waals surface area contributed by atoms with Crippen LogP contribution in [-0.2, 0) is 28.5 Å². The molecular weight excluding hydrogens is 616 g/mol. The zero-order chi connectivity index (χ0) is 32.5. The molecule has 3 unspecified atom stereocenters. The molecule has 0 amide bonds. The Balaban J connectivity index is 6.96. The van der Waals surface area contributed by atoms with Gasteiger partial charge in [-0.3, -0.25) is 9.47 Å². The van der Waals surface area contributed by atoms with E-state index in [0.29, 0.717) is 6.92 Å². The topological polar surface area (TPSA) is 71.1 Å². The standard InChI is InChI=1S/C18H14F16O6/c1-6(2)9(35)37-5-8(38-10(36)7(3)4)12(21,11(19)20)39-18(33,34)14(24,16(28,29)30)40-17(31,32)13(22,23)15(25,26)27/h8,11H,1,3,5H2,2,4H3. The number of hydrogen-bond acceptors (Lipinski definition) is 6. The van der Waals surface area contributed by atoms with Gasteiger partial charge in [-0.05, 0) is 13.8 Å². The average Bonchev–Trinajstić information content (AvgIpc) is 2.73. The summed E-state index contributed by atoms with van der Waals surface area (Å²) in [6.45, 7) is 5.03. The molecule has 0 saturated heterocycles. The van der Waals surface area contributed by atoms with E-state index >= 15 is 4.39 Å². The van der Waals surface area contributed by atoms with Gasteiger partial charge in [-0.2, -0.15) is 57.1 Å². The summed E-state index contributed by atoms with van der Waals surface area (Å²) in [5, 5.41) is 0. The molecule has 0 aromatic rings. The van der Waals surface area contributed by atoms with E-state index in [1.54, 1.807) is 0 Å². The van der Waals surface area contributed by atoms with Crippen LogP contribution in [0.4, 0.5) is 70.2 Å². The van der Waals surface area contributed by atoms with Crippen LogP contribution >= 0.6 is 0 Å². The molecule has 0 heterocycles. The second-order valence-electron chi connectivity index (χ2n) is 7.45. The van der Waals surface area contributed by atoms with Crippen LogP contribution in [0, 0.1) is 0 Å². The second kappa shape index (κ2) is 11.6. The van der Waals surface area contributed by atoms with E-state index in [9.17, 15) is 75.4 Å². The molecule has 40 heavy (non-hydrogen) atoms. The Labute approximate surface area is 211 Å². The van der Waals surface area contributed by atoms with Gasteiger partial charge in [0.2, 0.25) is 6.10 Å². The number of hydrogen-bond donors (Lipinski definition) is 0. The number of ether oxygens (including phenoxy) is 4. The SMILES string of the molecule is C=C(C)C(=O)OCC(OC(=O)C(=C)C)C(F)(OC(F)(F)C(F)(OC(F)(F)C(F)(F)C(F)(F)F)C(F)(F)F)C(F)F. The van der Waals surface area contributed by atoms with Gasteiger partial charge in [-0.1, -0.05) is 13.2 Å². The number of alkyl halides is 16. The Morgan fingerprint density at radius 2 is 1.10 bits per heavy atom. The van der Waals surface area contributed by atoms with E-state index < -0.39 is 84.4 Å². The third-order valence-corrected chi connectivity index (χ3v) is 4.06. The van der Waals surface area contributed by atoms with Gasteiger partial charge in [0.15, 0.2) is 0 Å². The zero-order valence-electron chi connectivity index (χ0n) is 19.3. The first-order valence-corrected chi connectivity index (χ1v) is 9.43. The Morgan fingerprint density at radius 3 is 1.43 bits per heavy atom. The maximum Gasteiger partial charge on any atom is 0.462 e. The molecule has 0 aromatic carbocycles. The average molecular weight is 630 g/mol. The Morgan fingerprint density at radius 1 is 0.675 bits per heavy atom. The quantitative estimate of drug-likeness (QED) is 0.138. The summed E-state index contributed by atoms with van der Waals surface area (Å²) >= 11 is 0. The Kier molecular flexibility index (Phi) is 10.8. The highest BCUT2D eigenvalue weighted by atomic mass is 19.4. The van der Waals surface area contributed by atoms with E-state index in [4.69, 9.17) is 0 Å². The van der Waals surface area contributed by atoms with Gasteiger partial charge in [0.1, 0.15) is 6.61 Å². The molecule has 0 aromatic heterocycles. The molecule has 0 fully saturated rings. The van der Waals surface area contributed by atoms with Gasteiger partial charge < -0.3 is 9.47 Å². The molecule has 0 spiro atoms. The summed E-state index contributed by atoms with van der Waals surface area (Å²) < 4.78 is 225. The van der Waals surface area contributed by atoms with Crippen LogP contribution in [0.15, 0.2) is 24.3 Å². The maximum atomic E-state index is 15.0. The van der Waals surface area contributed by atoms with Crippen molar-refractivity contribution in [2.45, 2.75) is 68.6 Å². The fourth-order valence-electron chi connectivity index (χ4n) is 1.93. The molecular formula is C18H14F16O6. The number of carbonyl (C=O) groups is 2. The normalized spacial score (nSPS) is 17.5. The van der Waals surface area contributed by atoms with Crippen molar-refractivity contribution in [3.05, 3.63) is 24.3 Å². The Hall–Kier alpha value is -2.78. The van der Waals surface area contributed by atoms with Crippen LogP contribution in [0.2, 0.25) is 0 Å². The fourth-order valence-corrected chi connectivity index (χ4v) is 1.93. The van der Waals surface area contributed by atoms with E-state index in [2.05, 4.69) is 27.4 Å². The fraction of sp³-hybridized carbons (Fsp3) is 0.667. The highest BCUT2D eigenvalue weighted by molar-refractivity contribution is 5.87. The Bertz CT molecular complexity index is 974. The lowest BCUT2D eigenvalue weighted by molar-refractivity contribution is -0.548. The maximum absolute atomic E-state index is 15.0. The lowest BCUT2D eigenvalue weighted by Crippen LogP contribution is -2.68. The minimum absolute atomic E-state index is 0.654. The van der Waals surface area contributed by atoms with E-state index in [1.807, 2.05) is 0 Å². The van der Waals surface area contributed by atoms with Crippen molar-refractivity contribution in [1.29, 1.82) is 0 Å². The van der Waals surface area contributed by atoms with Crippen LogP contribution in [0.25, 0.3) is 0 Å². The van der Waals surface area contributed by atoms with Gasteiger partial charge in [-0.25, -0.2) is 22.8 Å². The van der Waals surface area contributed by atoms with Crippen LogP contribution in [0.1, 0.15) is 13.8 Å². The van der Waals surface area contributed by atoms with Gasteiger partial charge in [0.25, 0.3) is 0 Å². The summed E-state index contributed by atoms with van der Waals surface area (Å²) in [7, 11) is 0. The number of halogens is 16. The number of esters is 2. The minimum atomic E-state index is -7.96. The molecule has 0 aliphatic carbocycles. The highest BCUT2D eigenvalue weighted by Crippen LogP contribution is 2.56. The third kappa shape index (κ3) is 7.49. The first-order chi connectivity index (χ1) is 17.4. The van der Waals surface area contributed by atoms with Crippen molar-refractivity contribution < 1.29 is 98.8 Å². The number of carbonyl (C=O) groups excluding carboxylic acids is 2. The molecule has 3 atom stereocenters. The molecule has 234 valence electrons. The van der Waals surface area contributed by atoms with Crippen molar-refractivity contribution in [3.63, 3.8) is 0 Å². The molecule has 6 nitrogen and oxygen atoms in total. The van der Waals surface area contributed by atoms with Gasteiger partial charge >= 0.3 is 60.6 Å². The van der Waals surface area contributed by atoms with E-state index in [0.717, 1.165) is 6.92 Å². The summed E-state index contributed by atoms with van der Waals surface area (Å²) in [6, 6.07) is 0. The predicted molar refractivity (Wildman–Crippen MR) is 93.3 cm³/mol. The number of rotatable bonds is 13. The van der Waals surface area contributed by atoms with Crippen LogP contribution < -0.4 is 0 Å². The summed E-state index contributed by atoms with van der Waals surface area (Å²) in [5.41, 5.74) is -1.55. The van der Waals surface area contributed by atoms with Crippen molar-refractivity contribution in [1.82, 2.24) is 0 Å². The molecule has 0 aliphatic rings. The minimum Gasteiger partial charge on any atom is -0.458 e. The highest BCUT2D eigenvalue weighted by Gasteiger charge is 2.84. The van der Waals surface area contributed by atoms with Crippen molar-refractivity contribution in [3.8, 4) is 0 Å². The lowest BCUT2D eigenvalue weighted by Gasteiger charge is -2.41. The summed E-state index contributed by atoms with van der Waals surface area (Å²) in [5.74, 6) is -25.6. The van der Waals surface area contributed by atoms with E-state index in [1.165, 1.54) is 4.74 Å². The zero-order valence-corrected chi connectivity index (χ0v) is 19.3. The lowest BCUT2D eigenvalue weighted by atomic mass is 10.1. The van der Waals surface area contributed by atoms with Crippen molar-refractivity contribution in [2.75, 3.05) is 6.61 Å². The third-order valence-electron chi connectivity index (χ3n) is 4.06. The smallest absolute Gasteiger partial charge is 0.458 e. The monoisotopic (exact) mass is 630 g/mol. The molecule has 22 heteroatoms. The molecule has 0 radical (unpaired) electrons. The first-order valence-electron chi connectivity index (χ1n) is 9.43. The predicted octanol–water partition coefficient (Wildman–Crippen LogP) is 6.17. The van der Waals surface area contributed by atoms with Crippen molar-refractivity contribution >= 4 is 11.9 Å². The molecule has 0 aliphatic heterocycles. The molecule has 0 N–H and O–H groups in total. The molecule has 0 bridgehead atoms. The van der Waals surface area contributed by atoms with Crippen LogP contribution in [0.3, 0.4) is 0 Å². The van der Waals surface area contributed by atoms with Crippen molar-refractivity contribution in [2.24, 2.45) is 0 Å². The molecule has 0 rings (SSSR count). The van der Waals surface area contributed by atoms with E-state index in [-0.39, 0.29) is 0 Å². The molecule has 0 saturated carbocycles. The largest absolute Gasteiger partial charge is 0.462 e. The van der Waals surface area contributed by atoms with Gasteiger partial charge in [0, 0.05) is 11.1 Å². The van der Waals surface area contributed by atoms with Crippen LogP contribution in [0.5, 0.6) is 0 Å².